The lowest BCUT2D eigenvalue weighted by atomic mass is 9.60. The van der Waals surface area contributed by atoms with Gasteiger partial charge in [-0.3, -0.25) is 4.79 Å². The molecular formula is C61H40N2O. The highest BCUT2D eigenvalue weighted by molar-refractivity contribution is 6.29. The van der Waals surface area contributed by atoms with Gasteiger partial charge in [0.25, 0.3) is 0 Å². The average Bonchev–Trinajstić information content (AvgIpc) is 4.02. The lowest BCUT2D eigenvalue weighted by molar-refractivity contribution is 0.0732. The van der Waals surface area contributed by atoms with Gasteiger partial charge in [-0.05, 0) is 139 Å². The molecule has 64 heavy (non-hydrogen) atoms. The Morgan fingerprint density at radius 3 is 1.70 bits per heavy atom. The summed E-state index contributed by atoms with van der Waals surface area (Å²) in [7, 11) is 0. The number of benzene rings is 8. The van der Waals surface area contributed by atoms with Crippen molar-refractivity contribution in [2.24, 2.45) is 5.41 Å². The second-order valence-corrected chi connectivity index (χ2v) is 20.5. The van der Waals surface area contributed by atoms with Crippen LogP contribution >= 0.6 is 0 Å². The Hall–Kier alpha value is -7.28. The first kappa shape index (κ1) is 34.2. The molecule has 1 fully saturated rings. The molecule has 8 aromatic carbocycles. The van der Waals surface area contributed by atoms with Crippen LogP contribution in [0.4, 0.5) is 0 Å². The highest BCUT2D eigenvalue weighted by Crippen LogP contribution is 2.67. The van der Waals surface area contributed by atoms with Gasteiger partial charge in [0, 0.05) is 44.4 Å². The molecule has 0 saturated heterocycles. The summed E-state index contributed by atoms with van der Waals surface area (Å²) in [5.74, 6) is 0.429. The number of aromatic nitrogens is 1. The second-order valence-electron chi connectivity index (χ2n) is 20.5. The van der Waals surface area contributed by atoms with Crippen LogP contribution in [0.3, 0.4) is 0 Å². The van der Waals surface area contributed by atoms with Gasteiger partial charge in [0.15, 0.2) is 5.78 Å². The molecular weight excluding hydrogens is 777 g/mol. The predicted molar refractivity (Wildman–Crippen MR) is 255 cm³/mol. The molecule has 3 heteroatoms. The summed E-state index contributed by atoms with van der Waals surface area (Å²) in [4.78, 5) is 14.9. The largest absolute Gasteiger partial charge is 0.308 e. The van der Waals surface area contributed by atoms with Crippen molar-refractivity contribution in [3.05, 3.63) is 218 Å². The van der Waals surface area contributed by atoms with Crippen molar-refractivity contribution in [2.75, 3.05) is 0 Å². The minimum atomic E-state index is -0.668. The third-order valence-corrected chi connectivity index (χ3v) is 17.8. The molecule has 0 radical (unpaired) electrons. The van der Waals surface area contributed by atoms with Gasteiger partial charge in [0.05, 0.1) is 33.6 Å². The van der Waals surface area contributed by atoms with Gasteiger partial charge in [-0.15, -0.1) is 0 Å². The number of hydrogen-bond donors (Lipinski definition) is 0. The van der Waals surface area contributed by atoms with E-state index >= 15 is 0 Å². The van der Waals surface area contributed by atoms with Gasteiger partial charge in [0.2, 0.25) is 0 Å². The summed E-state index contributed by atoms with van der Waals surface area (Å²) in [5, 5.41) is 16.6. The van der Waals surface area contributed by atoms with E-state index in [2.05, 4.69) is 170 Å². The molecule has 18 rings (SSSR count). The van der Waals surface area contributed by atoms with Gasteiger partial charge in [-0.25, -0.2) is 0 Å². The van der Waals surface area contributed by atoms with Crippen molar-refractivity contribution in [1.29, 1.82) is 5.26 Å². The van der Waals surface area contributed by atoms with E-state index in [1.807, 2.05) is 0 Å². The standard InChI is InChI=1S/C61H40N2O/c1-59-23-25-60(2,26-24-59)58(64)42-30-48-40(29-47(42)59)41-28-43-50-35-15-3-5-17-37(35)51(38-18-6-4-16-36(38)50)52(43)55-54-49(63(48)57(41)55)27-32(31-62)56-53(54)39-19-9-12-22-46(39)61(56)44-20-10-7-13-33(44)34-14-8-11-21-45(34)61/h3-22,27-30,50-51H,23-26H2,1-2H3. The minimum absolute atomic E-state index is 0.0435. The number of ketones is 1. The van der Waals surface area contributed by atoms with Crippen molar-refractivity contribution in [3.63, 3.8) is 0 Å². The van der Waals surface area contributed by atoms with E-state index in [1.54, 1.807) is 0 Å². The van der Waals surface area contributed by atoms with E-state index in [4.69, 9.17) is 0 Å². The number of carbonyl (C=O) groups is 1. The zero-order chi connectivity index (χ0) is 42.2. The summed E-state index contributed by atoms with van der Waals surface area (Å²) >= 11 is 0. The van der Waals surface area contributed by atoms with Crippen molar-refractivity contribution in [3.8, 4) is 28.3 Å². The van der Waals surface area contributed by atoms with Crippen LogP contribution in [0.2, 0.25) is 0 Å². The highest BCUT2D eigenvalue weighted by Gasteiger charge is 2.55. The summed E-state index contributed by atoms with van der Waals surface area (Å²) in [6.45, 7) is 4.62. The molecule has 2 heterocycles. The Balaban J connectivity index is 1.16. The lowest BCUT2D eigenvalue weighted by Crippen LogP contribution is -2.33. The van der Waals surface area contributed by atoms with Crippen molar-refractivity contribution < 1.29 is 4.79 Å². The minimum Gasteiger partial charge on any atom is -0.308 e. The fourth-order valence-electron chi connectivity index (χ4n) is 15.0. The van der Waals surface area contributed by atoms with Crippen LogP contribution in [0.5, 0.6) is 0 Å². The number of nitrogens with zero attached hydrogens (tertiary/aromatic N) is 2. The van der Waals surface area contributed by atoms with Crippen molar-refractivity contribution >= 4 is 43.9 Å². The zero-order valence-corrected chi connectivity index (χ0v) is 35.6. The molecule has 0 amide bonds. The van der Waals surface area contributed by atoms with Crippen LogP contribution in [0.1, 0.15) is 128 Å². The van der Waals surface area contributed by atoms with Crippen LogP contribution in [0.15, 0.2) is 146 Å². The Labute approximate surface area is 370 Å². The van der Waals surface area contributed by atoms with E-state index in [9.17, 15) is 10.1 Å². The SMILES string of the molecule is CC12CCC(C)(CC1)c1cc3c4cc5c(c6c7c8c(c(C#N)cc7n(c3cc1C2=O)c46)C1(c2ccccc2-c2ccccc21)c1ccccc1-8)C1c2ccccc2C5c2ccccc21. The maximum Gasteiger partial charge on any atom is 0.169 e. The Morgan fingerprint density at radius 1 is 0.531 bits per heavy atom. The average molecular weight is 817 g/mol. The number of Topliss-reactive ketones (excluding diaryl/α,β-unsaturated/α-hetero) is 1. The number of rotatable bonds is 0. The predicted octanol–water partition coefficient (Wildman–Crippen LogP) is 14.1. The smallest absolute Gasteiger partial charge is 0.169 e. The lowest BCUT2D eigenvalue weighted by Gasteiger charge is -2.42. The summed E-state index contributed by atoms with van der Waals surface area (Å²) < 4.78 is 2.49. The molecule has 300 valence electrons. The number of hydrogen-bond acceptors (Lipinski definition) is 2. The topological polar surface area (TPSA) is 45.3 Å². The normalized spacial score (nSPS) is 23.2. The fourth-order valence-corrected chi connectivity index (χ4v) is 15.0. The molecule has 8 aliphatic carbocycles. The third kappa shape index (κ3) is 3.52. The molecule has 0 N–H and O–H groups in total. The van der Waals surface area contributed by atoms with Crippen LogP contribution in [0.25, 0.3) is 60.3 Å². The molecule has 1 saturated carbocycles. The Kier molecular flexibility index (Phi) is 5.83. The van der Waals surface area contributed by atoms with Gasteiger partial charge >= 0.3 is 0 Å². The van der Waals surface area contributed by atoms with E-state index in [1.165, 1.54) is 105 Å². The van der Waals surface area contributed by atoms with Crippen LogP contribution < -0.4 is 0 Å². The summed E-state index contributed by atoms with van der Waals surface area (Å²) in [6, 6.07) is 57.5. The Morgan fingerprint density at radius 2 is 1.08 bits per heavy atom. The van der Waals surface area contributed by atoms with E-state index in [0.29, 0.717) is 11.3 Å². The zero-order valence-electron chi connectivity index (χ0n) is 35.6. The molecule has 3 nitrogen and oxygen atoms in total. The van der Waals surface area contributed by atoms with Gasteiger partial charge in [-0.1, -0.05) is 135 Å². The first-order valence-electron chi connectivity index (χ1n) is 23.2. The molecule has 0 unspecified atom stereocenters. The van der Waals surface area contributed by atoms with E-state index < -0.39 is 5.41 Å². The van der Waals surface area contributed by atoms with Crippen LogP contribution in [-0.4, -0.2) is 10.2 Å². The van der Waals surface area contributed by atoms with E-state index in [0.717, 1.165) is 47.8 Å². The first-order chi connectivity index (χ1) is 31.4. The first-order valence-corrected chi connectivity index (χ1v) is 23.2. The van der Waals surface area contributed by atoms with Gasteiger partial charge in [0.1, 0.15) is 0 Å². The maximum absolute atomic E-state index is 14.9. The monoisotopic (exact) mass is 816 g/mol. The van der Waals surface area contributed by atoms with E-state index in [-0.39, 0.29) is 22.7 Å². The fraction of sp³-hybridized carbons (Fsp3) is 0.180. The quantitative estimate of drug-likeness (QED) is 0.153. The number of fused-ring (bicyclic) bond motifs is 19. The second kappa shape index (κ2) is 10.9. The molecule has 4 bridgehead atoms. The van der Waals surface area contributed by atoms with Crippen molar-refractivity contribution in [1.82, 2.24) is 4.40 Å². The van der Waals surface area contributed by atoms with Gasteiger partial charge in [-0.2, -0.15) is 5.26 Å². The van der Waals surface area contributed by atoms with Crippen LogP contribution in [-0.2, 0) is 10.8 Å². The number of carbonyl (C=O) groups excluding carboxylic acids is 1. The molecule has 0 atom stereocenters. The molecule has 2 aromatic heterocycles. The maximum atomic E-state index is 14.9. The summed E-state index contributed by atoms with van der Waals surface area (Å²) in [5.41, 5.74) is 23.1. The van der Waals surface area contributed by atoms with Crippen LogP contribution in [0, 0.1) is 16.7 Å². The molecule has 1 spiro atoms. The number of nitriles is 1. The molecule has 0 aliphatic heterocycles. The summed E-state index contributed by atoms with van der Waals surface area (Å²) in [6.07, 6.45) is 3.90. The van der Waals surface area contributed by atoms with Crippen molar-refractivity contribution in [2.45, 2.75) is 62.2 Å². The van der Waals surface area contributed by atoms with Gasteiger partial charge < -0.3 is 4.40 Å². The highest BCUT2D eigenvalue weighted by atomic mass is 16.1. The Bertz CT molecular complexity index is 3840. The molecule has 10 aromatic rings. The third-order valence-electron chi connectivity index (χ3n) is 17.8. The molecule has 8 aliphatic rings.